The van der Waals surface area contributed by atoms with Gasteiger partial charge in [0, 0.05) is 19.1 Å². The third kappa shape index (κ3) is 5.66. The molecule has 1 aliphatic heterocycles. The number of nitrogens with zero attached hydrogens (tertiary/aromatic N) is 7. The van der Waals surface area contributed by atoms with Crippen molar-refractivity contribution in [3.8, 4) is 17.4 Å². The molecule has 0 amide bonds. The molecule has 3 aromatic rings. The average molecular weight is 553 g/mol. The first-order valence-corrected chi connectivity index (χ1v) is 13.4. The van der Waals surface area contributed by atoms with Gasteiger partial charge in [-0.05, 0) is 19.8 Å². The van der Waals surface area contributed by atoms with E-state index in [1.165, 1.54) is 32.0 Å². The molecular weight excluding hydrogens is 523 g/mol. The fraction of sp³-hybridized carbons (Fsp3) is 0.545. The molecule has 1 saturated heterocycles. The third-order valence-corrected chi connectivity index (χ3v) is 7.59. The Bertz CT molecular complexity index is 1310. The lowest BCUT2D eigenvalue weighted by Crippen LogP contribution is -2.34. The van der Waals surface area contributed by atoms with Gasteiger partial charge in [0.25, 0.3) is 0 Å². The van der Waals surface area contributed by atoms with E-state index < -0.39 is 27.2 Å². The van der Waals surface area contributed by atoms with Crippen LogP contribution in [0.15, 0.2) is 18.7 Å². The molecule has 3 atom stereocenters. The molecule has 0 aromatic carbocycles. The Morgan fingerprint density at radius 1 is 1.16 bits per heavy atom. The molecule has 1 N–H and O–H groups in total. The van der Waals surface area contributed by atoms with Crippen molar-refractivity contribution in [2.45, 2.75) is 44.0 Å². The summed E-state index contributed by atoms with van der Waals surface area (Å²) >= 11 is 0. The third-order valence-electron chi connectivity index (χ3n) is 5.89. The summed E-state index contributed by atoms with van der Waals surface area (Å²) in [5, 5.41) is 7.20. The second-order valence-electron chi connectivity index (χ2n) is 8.42. The van der Waals surface area contributed by atoms with Gasteiger partial charge in [0.2, 0.25) is 27.7 Å². The Balaban J connectivity index is 1.77. The number of hydrogen-bond acceptors (Lipinski definition) is 12. The number of anilines is 1. The molecule has 0 saturated carbocycles. The fourth-order valence-corrected chi connectivity index (χ4v) is 5.04. The maximum atomic E-state index is 13.6. The van der Waals surface area contributed by atoms with Crippen molar-refractivity contribution >= 4 is 16.0 Å². The Morgan fingerprint density at radius 2 is 1.84 bits per heavy atom. The molecule has 0 aliphatic carbocycles. The Morgan fingerprint density at radius 3 is 2.42 bits per heavy atom. The smallest absolute Gasteiger partial charge is 0.245 e. The second-order valence-corrected chi connectivity index (χ2v) is 10.5. The lowest BCUT2D eigenvalue weighted by Gasteiger charge is -2.24. The summed E-state index contributed by atoms with van der Waals surface area (Å²) in [6.07, 6.45) is 3.35. The van der Waals surface area contributed by atoms with Gasteiger partial charge < -0.3 is 18.9 Å². The van der Waals surface area contributed by atoms with Crippen molar-refractivity contribution in [3.63, 3.8) is 0 Å². The molecular formula is C22H29FN8O6S. The van der Waals surface area contributed by atoms with Gasteiger partial charge in [-0.2, -0.15) is 9.97 Å². The van der Waals surface area contributed by atoms with Crippen molar-refractivity contribution in [2.75, 3.05) is 38.8 Å². The van der Waals surface area contributed by atoms with E-state index in [1.54, 1.807) is 0 Å². The number of halogens is 1. The fourth-order valence-electron chi connectivity index (χ4n) is 3.94. The van der Waals surface area contributed by atoms with E-state index in [0.29, 0.717) is 31.9 Å². The molecule has 38 heavy (non-hydrogen) atoms. The van der Waals surface area contributed by atoms with E-state index in [0.717, 1.165) is 12.4 Å². The zero-order chi connectivity index (χ0) is 27.3. The van der Waals surface area contributed by atoms with Crippen LogP contribution >= 0.6 is 0 Å². The highest BCUT2D eigenvalue weighted by Crippen LogP contribution is 2.36. The molecule has 16 heteroatoms. The van der Waals surface area contributed by atoms with Crippen molar-refractivity contribution in [1.29, 1.82) is 0 Å². The van der Waals surface area contributed by atoms with Crippen molar-refractivity contribution in [2.24, 2.45) is 0 Å². The van der Waals surface area contributed by atoms with Gasteiger partial charge >= 0.3 is 0 Å². The van der Waals surface area contributed by atoms with E-state index >= 15 is 0 Å². The largest absolute Gasteiger partial charge is 0.479 e. The van der Waals surface area contributed by atoms with Crippen LogP contribution in [0.4, 0.5) is 10.3 Å². The number of ether oxygens (including phenoxy) is 4. The first kappa shape index (κ1) is 27.5. The number of rotatable bonds is 12. The summed E-state index contributed by atoms with van der Waals surface area (Å²) in [7, 11) is -1.38. The zero-order valence-corrected chi connectivity index (χ0v) is 22.2. The van der Waals surface area contributed by atoms with Gasteiger partial charge in [0.15, 0.2) is 17.3 Å². The van der Waals surface area contributed by atoms with Gasteiger partial charge in [-0.25, -0.2) is 22.8 Å². The highest BCUT2D eigenvalue weighted by Gasteiger charge is 2.37. The highest BCUT2D eigenvalue weighted by atomic mass is 32.2. The Kier molecular flexibility index (Phi) is 8.63. The van der Waals surface area contributed by atoms with Gasteiger partial charge in [0.1, 0.15) is 23.5 Å². The van der Waals surface area contributed by atoms with Crippen LogP contribution in [0.1, 0.15) is 50.4 Å². The summed E-state index contributed by atoms with van der Waals surface area (Å²) in [6.45, 7) is 4.44. The van der Waals surface area contributed by atoms with Gasteiger partial charge in [-0.3, -0.25) is 9.29 Å². The van der Waals surface area contributed by atoms with Crippen LogP contribution in [0.25, 0.3) is 5.69 Å². The standard InChI is InChI=1S/C22H29FN8O6S/c1-5-7-37-17(18-24-9-15(23)10-25-18)13(2)38(32,33)30-22-29-28-19(14-6-8-36-11-14)31(22)16-20(34-3)26-12-27-21(16)35-4/h9-10,12-14,17H,5-8,11H2,1-4H3,(H,29,30)/t13-,14-,17+/m0/s1. The van der Waals surface area contributed by atoms with E-state index in [4.69, 9.17) is 18.9 Å². The molecule has 14 nitrogen and oxygen atoms in total. The molecule has 4 rings (SSSR count). The summed E-state index contributed by atoms with van der Waals surface area (Å²) in [5.74, 6) is -0.285. The van der Waals surface area contributed by atoms with Crippen LogP contribution in [0, 0.1) is 5.82 Å². The molecule has 0 spiro atoms. The van der Waals surface area contributed by atoms with Crippen LogP contribution in [0.5, 0.6) is 11.8 Å². The minimum atomic E-state index is -4.21. The van der Waals surface area contributed by atoms with E-state index in [2.05, 4.69) is 34.9 Å². The van der Waals surface area contributed by atoms with E-state index in [1.807, 2.05) is 6.92 Å². The number of aromatic nitrogens is 7. The van der Waals surface area contributed by atoms with Crippen LogP contribution < -0.4 is 14.2 Å². The Labute approximate surface area is 219 Å². The molecule has 0 unspecified atom stereocenters. The first-order chi connectivity index (χ1) is 18.3. The number of methoxy groups -OCH3 is 2. The zero-order valence-electron chi connectivity index (χ0n) is 21.4. The SMILES string of the molecule is CCCO[C@@H](c1ncc(F)cn1)[C@H](C)S(=O)(=O)Nc1nnc([C@H]2CCOC2)n1-c1c(OC)ncnc1OC. The summed E-state index contributed by atoms with van der Waals surface area (Å²) < 4.78 is 66.9. The maximum absolute atomic E-state index is 13.6. The second kappa shape index (κ2) is 11.9. The van der Waals surface area contributed by atoms with Crippen molar-refractivity contribution in [3.05, 3.63) is 36.2 Å². The monoisotopic (exact) mass is 552 g/mol. The number of hydrogen-bond donors (Lipinski definition) is 1. The number of sulfonamides is 1. The van der Waals surface area contributed by atoms with Crippen molar-refractivity contribution in [1.82, 2.24) is 34.7 Å². The highest BCUT2D eigenvalue weighted by molar-refractivity contribution is 7.93. The quantitative estimate of drug-likeness (QED) is 0.347. The van der Waals surface area contributed by atoms with Crippen LogP contribution in [-0.4, -0.2) is 82.4 Å². The van der Waals surface area contributed by atoms with Gasteiger partial charge in [-0.15, -0.1) is 10.2 Å². The van der Waals surface area contributed by atoms with Crippen LogP contribution in [-0.2, 0) is 19.5 Å². The average Bonchev–Trinajstić information content (AvgIpc) is 3.59. The minimum absolute atomic E-state index is 0.0304. The van der Waals surface area contributed by atoms with Crippen LogP contribution in [0.3, 0.4) is 0 Å². The molecule has 1 aliphatic rings. The van der Waals surface area contributed by atoms with Gasteiger partial charge in [-0.1, -0.05) is 6.92 Å². The van der Waals surface area contributed by atoms with Gasteiger partial charge in [0.05, 0.1) is 33.2 Å². The minimum Gasteiger partial charge on any atom is -0.479 e. The Hall–Kier alpha value is -3.50. The van der Waals surface area contributed by atoms with Crippen LogP contribution in [0.2, 0.25) is 0 Å². The normalized spacial score (nSPS) is 17.2. The molecule has 4 heterocycles. The lowest BCUT2D eigenvalue weighted by molar-refractivity contribution is 0.0465. The predicted octanol–water partition coefficient (Wildman–Crippen LogP) is 1.81. The summed E-state index contributed by atoms with van der Waals surface area (Å²) in [4.78, 5) is 16.2. The topological polar surface area (TPSA) is 165 Å². The molecule has 1 fully saturated rings. The molecule has 3 aromatic heterocycles. The van der Waals surface area contributed by atoms with E-state index in [-0.39, 0.29) is 41.7 Å². The number of nitrogens with one attached hydrogen (secondary N) is 1. The summed E-state index contributed by atoms with van der Waals surface area (Å²) in [5.41, 5.74) is 0.218. The molecule has 206 valence electrons. The predicted molar refractivity (Wildman–Crippen MR) is 131 cm³/mol. The van der Waals surface area contributed by atoms with E-state index in [9.17, 15) is 12.8 Å². The summed E-state index contributed by atoms with van der Waals surface area (Å²) in [6, 6.07) is 0. The molecule has 0 radical (unpaired) electrons. The maximum Gasteiger partial charge on any atom is 0.245 e. The lowest BCUT2D eigenvalue weighted by atomic mass is 10.1. The molecule has 0 bridgehead atoms. The first-order valence-electron chi connectivity index (χ1n) is 11.9. The van der Waals surface area contributed by atoms with Crippen molar-refractivity contribution < 1.29 is 31.8 Å².